The average Bonchev–Trinajstić information content (AvgIpc) is 2.66. The van der Waals surface area contributed by atoms with Gasteiger partial charge < -0.3 is 14.5 Å². The van der Waals surface area contributed by atoms with E-state index in [0.29, 0.717) is 24.7 Å². The highest BCUT2D eigenvalue weighted by Gasteiger charge is 2.06. The smallest absolute Gasteiger partial charge is 0.117 e. The zero-order chi connectivity index (χ0) is 11.8. The van der Waals surface area contributed by atoms with Crippen LogP contribution in [0.4, 0.5) is 0 Å². The molecular weight excluding hydrogens is 226 g/mol. The van der Waals surface area contributed by atoms with Crippen molar-refractivity contribution in [2.24, 2.45) is 0 Å². The zero-order valence-electron chi connectivity index (χ0n) is 9.82. The van der Waals surface area contributed by atoms with Gasteiger partial charge in [0.25, 0.3) is 0 Å². The summed E-state index contributed by atoms with van der Waals surface area (Å²) >= 11 is 0. The summed E-state index contributed by atoms with van der Waals surface area (Å²) in [4.78, 5) is 0. The van der Waals surface area contributed by atoms with E-state index in [0.717, 1.165) is 17.9 Å². The molecule has 1 unspecified atom stereocenters. The van der Waals surface area contributed by atoms with E-state index in [4.69, 9.17) is 9.15 Å². The van der Waals surface area contributed by atoms with Gasteiger partial charge in [0.2, 0.25) is 0 Å². The summed E-state index contributed by atoms with van der Waals surface area (Å²) in [6, 6.07) is 3.80. The molecule has 0 saturated carbocycles. The number of nitrogens with one attached hydrogen (secondary N) is 1. The molecule has 0 aliphatic heterocycles. The molecule has 0 aliphatic rings. The second-order valence-corrected chi connectivity index (χ2v) is 5.11. The molecule has 0 radical (unpaired) electrons. The Morgan fingerprint density at radius 1 is 1.44 bits per heavy atom. The van der Waals surface area contributed by atoms with Gasteiger partial charge in [-0.15, -0.1) is 0 Å². The molecule has 0 aliphatic carbocycles. The lowest BCUT2D eigenvalue weighted by Gasteiger charge is -2.00. The molecule has 5 heteroatoms. The minimum Gasteiger partial charge on any atom is -0.464 e. The van der Waals surface area contributed by atoms with Gasteiger partial charge in [0, 0.05) is 30.3 Å². The van der Waals surface area contributed by atoms with E-state index in [1.54, 1.807) is 7.11 Å². The van der Waals surface area contributed by atoms with Gasteiger partial charge in [-0.3, -0.25) is 4.21 Å². The second-order valence-electron chi connectivity index (χ2n) is 3.53. The van der Waals surface area contributed by atoms with Crippen molar-refractivity contribution in [1.29, 1.82) is 0 Å². The highest BCUT2D eigenvalue weighted by Crippen LogP contribution is 2.10. The largest absolute Gasteiger partial charge is 0.464 e. The summed E-state index contributed by atoms with van der Waals surface area (Å²) < 4.78 is 22.1. The van der Waals surface area contributed by atoms with Crippen LogP contribution in [-0.4, -0.2) is 30.7 Å². The van der Waals surface area contributed by atoms with Crippen LogP contribution in [0.5, 0.6) is 0 Å². The van der Waals surface area contributed by atoms with Crippen LogP contribution in [0.3, 0.4) is 0 Å². The van der Waals surface area contributed by atoms with Crippen LogP contribution in [0.1, 0.15) is 17.9 Å². The van der Waals surface area contributed by atoms with Gasteiger partial charge in [0.1, 0.15) is 11.5 Å². The van der Waals surface area contributed by atoms with Crippen LogP contribution in [0.25, 0.3) is 0 Å². The third-order valence-corrected chi connectivity index (χ3v) is 3.44. The fourth-order valence-corrected chi connectivity index (χ4v) is 2.42. The number of hydrogen-bond donors (Lipinski definition) is 1. The zero-order valence-corrected chi connectivity index (χ0v) is 10.6. The molecule has 1 heterocycles. The topological polar surface area (TPSA) is 51.5 Å². The Balaban J connectivity index is 2.31. The van der Waals surface area contributed by atoms with Crippen molar-refractivity contribution in [2.75, 3.05) is 26.5 Å². The predicted octanol–water partition coefficient (Wildman–Crippen LogP) is 1.28. The quantitative estimate of drug-likeness (QED) is 0.701. The third kappa shape index (κ3) is 4.92. The first-order chi connectivity index (χ1) is 7.76. The second kappa shape index (κ2) is 7.60. The molecule has 4 nitrogen and oxygen atoms in total. The first kappa shape index (κ1) is 13.4. The predicted molar refractivity (Wildman–Crippen MR) is 64.7 cm³/mol. The molecule has 0 amide bonds. The molecular formula is C11H19NO3S. The molecule has 0 saturated heterocycles. The molecule has 16 heavy (non-hydrogen) atoms. The molecule has 1 rings (SSSR count). The van der Waals surface area contributed by atoms with Crippen LogP contribution in [0.2, 0.25) is 0 Å². The lowest BCUT2D eigenvalue weighted by atomic mass is 10.4. The van der Waals surface area contributed by atoms with Gasteiger partial charge in [-0.05, 0) is 25.6 Å². The van der Waals surface area contributed by atoms with E-state index in [1.165, 1.54) is 0 Å². The summed E-state index contributed by atoms with van der Waals surface area (Å²) in [6.45, 7) is 1.37. The molecule has 0 bridgehead atoms. The number of rotatable bonds is 8. The van der Waals surface area contributed by atoms with E-state index in [1.807, 2.05) is 19.2 Å². The summed E-state index contributed by atoms with van der Waals surface area (Å²) in [7, 11) is 2.66. The average molecular weight is 245 g/mol. The highest BCUT2D eigenvalue weighted by atomic mass is 32.2. The van der Waals surface area contributed by atoms with Gasteiger partial charge >= 0.3 is 0 Å². The maximum absolute atomic E-state index is 11.6. The lowest BCUT2D eigenvalue weighted by Crippen LogP contribution is -2.04. The van der Waals surface area contributed by atoms with E-state index in [-0.39, 0.29) is 0 Å². The fraction of sp³-hybridized carbons (Fsp3) is 0.636. The van der Waals surface area contributed by atoms with Crippen molar-refractivity contribution >= 4 is 10.8 Å². The normalized spacial score (nSPS) is 12.9. The molecule has 0 fully saturated rings. The number of ether oxygens (including phenoxy) is 1. The SMILES string of the molecule is CNCc1ccc(CS(=O)CCCOC)o1. The van der Waals surface area contributed by atoms with Gasteiger partial charge in [0.05, 0.1) is 12.3 Å². The molecule has 1 aromatic rings. The van der Waals surface area contributed by atoms with Crippen molar-refractivity contribution in [1.82, 2.24) is 5.32 Å². The standard InChI is InChI=1S/C11H19NO3S/c1-12-8-10-4-5-11(15-10)9-16(13)7-3-6-14-2/h4-5,12H,3,6-9H2,1-2H3. The maximum Gasteiger partial charge on any atom is 0.117 e. The molecule has 1 atom stereocenters. The summed E-state index contributed by atoms with van der Waals surface area (Å²) in [5.41, 5.74) is 0. The Hall–Kier alpha value is -0.650. The van der Waals surface area contributed by atoms with Crippen molar-refractivity contribution in [3.63, 3.8) is 0 Å². The number of methoxy groups -OCH3 is 1. The Morgan fingerprint density at radius 3 is 2.88 bits per heavy atom. The van der Waals surface area contributed by atoms with Crippen LogP contribution < -0.4 is 5.32 Å². The minimum absolute atomic E-state index is 0.493. The van der Waals surface area contributed by atoms with Crippen molar-refractivity contribution in [3.05, 3.63) is 23.7 Å². The van der Waals surface area contributed by atoms with Gasteiger partial charge in [0.15, 0.2) is 0 Å². The highest BCUT2D eigenvalue weighted by molar-refractivity contribution is 7.84. The fourth-order valence-electron chi connectivity index (χ4n) is 1.36. The Labute approximate surface area is 98.8 Å². The van der Waals surface area contributed by atoms with E-state index >= 15 is 0 Å². The van der Waals surface area contributed by atoms with Crippen LogP contribution in [0.15, 0.2) is 16.5 Å². The Morgan fingerprint density at radius 2 is 2.19 bits per heavy atom. The monoisotopic (exact) mass is 245 g/mol. The van der Waals surface area contributed by atoms with Crippen molar-refractivity contribution in [3.8, 4) is 0 Å². The molecule has 0 spiro atoms. The maximum atomic E-state index is 11.6. The molecule has 0 aromatic carbocycles. The third-order valence-electron chi connectivity index (χ3n) is 2.09. The molecule has 1 N–H and O–H groups in total. The van der Waals surface area contributed by atoms with E-state index in [9.17, 15) is 4.21 Å². The summed E-state index contributed by atoms with van der Waals surface area (Å²) in [6.07, 6.45) is 0.827. The minimum atomic E-state index is -0.857. The number of furan rings is 1. The van der Waals surface area contributed by atoms with Gasteiger partial charge in [-0.2, -0.15) is 0 Å². The number of hydrogen-bond acceptors (Lipinski definition) is 4. The first-order valence-corrected chi connectivity index (χ1v) is 6.81. The van der Waals surface area contributed by atoms with Gasteiger partial charge in [-0.25, -0.2) is 0 Å². The molecule has 92 valence electrons. The van der Waals surface area contributed by atoms with Crippen LogP contribution >= 0.6 is 0 Å². The van der Waals surface area contributed by atoms with Crippen LogP contribution in [0, 0.1) is 0 Å². The molecule has 1 aromatic heterocycles. The van der Waals surface area contributed by atoms with Crippen molar-refractivity contribution in [2.45, 2.75) is 18.7 Å². The Kier molecular flexibility index (Phi) is 6.37. The Bertz CT molecular complexity index is 325. The summed E-state index contributed by atoms with van der Waals surface area (Å²) in [5.74, 6) is 2.83. The lowest BCUT2D eigenvalue weighted by molar-refractivity contribution is 0.200. The van der Waals surface area contributed by atoms with E-state index < -0.39 is 10.8 Å². The van der Waals surface area contributed by atoms with E-state index in [2.05, 4.69) is 5.32 Å². The van der Waals surface area contributed by atoms with Crippen LogP contribution in [-0.2, 0) is 27.8 Å². The first-order valence-electron chi connectivity index (χ1n) is 5.32. The van der Waals surface area contributed by atoms with Crippen molar-refractivity contribution < 1.29 is 13.4 Å². The summed E-state index contributed by atoms with van der Waals surface area (Å²) in [5, 5.41) is 3.01. The van der Waals surface area contributed by atoms with Gasteiger partial charge in [-0.1, -0.05) is 0 Å².